The van der Waals surface area contributed by atoms with Gasteiger partial charge in [0.25, 0.3) is 0 Å². The molecule has 2 rings (SSSR count). The average molecular weight is 440 g/mol. The minimum Gasteiger partial charge on any atom is -0.463 e. The summed E-state index contributed by atoms with van der Waals surface area (Å²) in [6.07, 6.45) is 10.2. The van der Waals surface area contributed by atoms with Gasteiger partial charge in [-0.05, 0) is 18.6 Å². The van der Waals surface area contributed by atoms with Crippen LogP contribution >= 0.6 is 7.60 Å². The van der Waals surface area contributed by atoms with E-state index in [1.165, 1.54) is 38.5 Å². The lowest BCUT2D eigenvalue weighted by atomic mass is 10.1. The quantitative estimate of drug-likeness (QED) is 0.192. The number of hydrogen-bond acceptors (Lipinski definition) is 7. The summed E-state index contributed by atoms with van der Waals surface area (Å²) in [6, 6.07) is 8.26. The van der Waals surface area contributed by atoms with Gasteiger partial charge in [-0.1, -0.05) is 76.5 Å². The van der Waals surface area contributed by atoms with Gasteiger partial charge in [-0.3, -0.25) is 13.8 Å². The summed E-state index contributed by atoms with van der Waals surface area (Å²) in [4.78, 5) is 23.9. The fraction of sp³-hybridized carbons (Fsp3) is 0.636. The number of para-hydroxylation sites is 1. The van der Waals surface area contributed by atoms with Gasteiger partial charge in [-0.2, -0.15) is 0 Å². The lowest BCUT2D eigenvalue weighted by molar-refractivity contribution is -0.146. The number of carbonyl (C=O) groups is 2. The van der Waals surface area contributed by atoms with Gasteiger partial charge in [0.05, 0.1) is 6.61 Å². The first-order valence-corrected chi connectivity index (χ1v) is 12.4. The zero-order valence-electron chi connectivity index (χ0n) is 17.8. The van der Waals surface area contributed by atoms with Crippen LogP contribution in [0.5, 0.6) is 5.75 Å². The van der Waals surface area contributed by atoms with E-state index in [4.69, 9.17) is 18.5 Å². The van der Waals surface area contributed by atoms with Crippen LogP contribution in [-0.4, -0.2) is 31.0 Å². The number of unbranched alkanes of at least 4 members (excludes halogenated alkanes) is 8. The second-order valence-corrected chi connectivity index (χ2v) is 9.29. The first kappa shape index (κ1) is 24.6. The molecule has 0 bridgehead atoms. The summed E-state index contributed by atoms with van der Waals surface area (Å²) in [7, 11) is -4.04. The molecule has 0 N–H and O–H groups in total. The Hall–Kier alpha value is -1.69. The molecule has 0 saturated carbocycles. The maximum atomic E-state index is 12.5. The van der Waals surface area contributed by atoms with Crippen molar-refractivity contribution in [1.29, 1.82) is 0 Å². The summed E-state index contributed by atoms with van der Waals surface area (Å²) < 4.78 is 32.9. The SMILES string of the molecule is CCCCCCCCCCCC(=O)OCC1COP(=O)(C(=O)Oc2ccccc2)O1. The highest BCUT2D eigenvalue weighted by atomic mass is 31.2. The van der Waals surface area contributed by atoms with Crippen molar-refractivity contribution in [2.75, 3.05) is 13.2 Å². The zero-order chi connectivity index (χ0) is 21.7. The van der Waals surface area contributed by atoms with E-state index >= 15 is 0 Å². The summed E-state index contributed by atoms with van der Waals surface area (Å²) in [5.41, 5.74) is -1.07. The van der Waals surface area contributed by atoms with Crippen molar-refractivity contribution in [3.05, 3.63) is 30.3 Å². The Balaban J connectivity index is 1.55. The van der Waals surface area contributed by atoms with E-state index in [-0.39, 0.29) is 24.9 Å². The molecule has 168 valence electrons. The predicted molar refractivity (Wildman–Crippen MR) is 114 cm³/mol. The third-order valence-corrected chi connectivity index (χ3v) is 6.41. The number of rotatable bonds is 14. The molecule has 30 heavy (non-hydrogen) atoms. The normalized spacial score (nSPS) is 20.8. The molecule has 1 aromatic carbocycles. The van der Waals surface area contributed by atoms with Crippen LogP contribution in [0.4, 0.5) is 4.79 Å². The van der Waals surface area contributed by atoms with Crippen molar-refractivity contribution >= 4 is 19.3 Å². The van der Waals surface area contributed by atoms with Crippen molar-refractivity contribution < 1.29 is 32.7 Å². The highest BCUT2D eigenvalue weighted by Crippen LogP contribution is 2.55. The molecule has 1 heterocycles. The first-order valence-electron chi connectivity index (χ1n) is 10.9. The van der Waals surface area contributed by atoms with Gasteiger partial charge in [0, 0.05) is 6.42 Å². The lowest BCUT2D eigenvalue weighted by Gasteiger charge is -2.11. The second kappa shape index (κ2) is 13.6. The molecule has 0 aromatic heterocycles. The largest absolute Gasteiger partial charge is 0.463 e. The highest BCUT2D eigenvalue weighted by Gasteiger charge is 2.46. The van der Waals surface area contributed by atoms with E-state index in [1.54, 1.807) is 30.3 Å². The predicted octanol–water partition coefficient (Wildman–Crippen LogP) is 6.26. The van der Waals surface area contributed by atoms with Gasteiger partial charge in [-0.25, -0.2) is 9.36 Å². The minimum atomic E-state index is -4.04. The third kappa shape index (κ3) is 8.99. The van der Waals surface area contributed by atoms with E-state index in [1.807, 2.05) is 0 Å². The van der Waals surface area contributed by atoms with Crippen LogP contribution in [0, 0.1) is 0 Å². The molecule has 7 nitrogen and oxygen atoms in total. The van der Waals surface area contributed by atoms with Crippen molar-refractivity contribution in [3.63, 3.8) is 0 Å². The van der Waals surface area contributed by atoms with Crippen molar-refractivity contribution in [3.8, 4) is 5.75 Å². The Bertz CT molecular complexity index is 692. The van der Waals surface area contributed by atoms with Gasteiger partial charge in [-0.15, -0.1) is 0 Å². The van der Waals surface area contributed by atoms with E-state index < -0.39 is 19.4 Å². The fourth-order valence-corrected chi connectivity index (χ4v) is 4.44. The fourth-order valence-electron chi connectivity index (χ4n) is 3.10. The van der Waals surface area contributed by atoms with Gasteiger partial charge < -0.3 is 9.47 Å². The van der Waals surface area contributed by atoms with Gasteiger partial charge in [0.15, 0.2) is 0 Å². The number of ether oxygens (including phenoxy) is 2. The highest BCUT2D eigenvalue weighted by molar-refractivity contribution is 7.71. The summed E-state index contributed by atoms with van der Waals surface area (Å²) in [5.74, 6) is -0.0732. The molecule has 0 radical (unpaired) electrons. The summed E-state index contributed by atoms with van der Waals surface area (Å²) >= 11 is 0. The average Bonchev–Trinajstić information content (AvgIpc) is 3.14. The Morgan fingerprint density at radius 2 is 1.63 bits per heavy atom. The molecule has 8 heteroatoms. The van der Waals surface area contributed by atoms with Crippen LogP contribution in [0.15, 0.2) is 30.3 Å². The molecular weight excluding hydrogens is 407 g/mol. The number of benzene rings is 1. The van der Waals surface area contributed by atoms with Crippen LogP contribution in [0.1, 0.15) is 71.1 Å². The number of esters is 1. The molecule has 1 fully saturated rings. The molecule has 2 unspecified atom stereocenters. The molecule has 0 amide bonds. The first-order chi connectivity index (χ1) is 14.5. The van der Waals surface area contributed by atoms with Gasteiger partial charge >= 0.3 is 19.3 Å². The van der Waals surface area contributed by atoms with Gasteiger partial charge in [0.2, 0.25) is 0 Å². The molecule has 2 atom stereocenters. The molecule has 0 aliphatic carbocycles. The Kier molecular flexibility index (Phi) is 11.1. The summed E-state index contributed by atoms with van der Waals surface area (Å²) in [5, 5.41) is 0. The smallest absolute Gasteiger partial charge is 0.439 e. The maximum absolute atomic E-state index is 12.5. The van der Waals surface area contributed by atoms with E-state index in [0.29, 0.717) is 6.42 Å². The van der Waals surface area contributed by atoms with Crippen molar-refractivity contribution in [1.82, 2.24) is 0 Å². The van der Waals surface area contributed by atoms with E-state index in [9.17, 15) is 14.2 Å². The van der Waals surface area contributed by atoms with Crippen LogP contribution < -0.4 is 4.74 Å². The molecule has 1 aromatic rings. The Labute approximate surface area is 179 Å². The van der Waals surface area contributed by atoms with Crippen molar-refractivity contribution in [2.24, 2.45) is 0 Å². The van der Waals surface area contributed by atoms with E-state index in [0.717, 1.165) is 19.3 Å². The van der Waals surface area contributed by atoms with Crippen LogP contribution in [0.2, 0.25) is 0 Å². The van der Waals surface area contributed by atoms with Crippen molar-refractivity contribution in [2.45, 2.75) is 77.2 Å². The number of hydrogen-bond donors (Lipinski definition) is 0. The molecule has 1 aliphatic rings. The van der Waals surface area contributed by atoms with Gasteiger partial charge in [0.1, 0.15) is 18.5 Å². The molecule has 1 aliphatic heterocycles. The minimum absolute atomic E-state index is 0.0908. The van der Waals surface area contributed by atoms with E-state index in [2.05, 4.69) is 6.92 Å². The van der Waals surface area contributed by atoms with Crippen LogP contribution in [0.3, 0.4) is 0 Å². The standard InChI is InChI=1S/C22H33O7P/c1-2-3-4-5-6-7-8-9-13-16-21(23)26-17-20-18-27-30(25,29-20)22(24)28-19-14-11-10-12-15-19/h10-12,14-15,20H,2-9,13,16-18H2,1H3. The monoisotopic (exact) mass is 440 g/mol. The third-order valence-electron chi connectivity index (χ3n) is 4.80. The Morgan fingerprint density at radius 1 is 1.00 bits per heavy atom. The molecule has 0 spiro atoms. The molecular formula is C22H33O7P. The van der Waals surface area contributed by atoms with Crippen LogP contribution in [0.25, 0.3) is 0 Å². The van der Waals surface area contributed by atoms with Crippen LogP contribution in [-0.2, 0) is 23.1 Å². The lowest BCUT2D eigenvalue weighted by Crippen LogP contribution is -2.20. The zero-order valence-corrected chi connectivity index (χ0v) is 18.6. The number of carbonyl (C=O) groups excluding carboxylic acids is 2. The Morgan fingerprint density at radius 3 is 2.30 bits per heavy atom. The topological polar surface area (TPSA) is 88.1 Å². The summed E-state index contributed by atoms with van der Waals surface area (Å²) in [6.45, 7) is 2.02. The maximum Gasteiger partial charge on any atom is 0.439 e. The molecule has 1 saturated heterocycles. The second-order valence-electron chi connectivity index (χ2n) is 7.46.